The summed E-state index contributed by atoms with van der Waals surface area (Å²) in [7, 11) is 0. The molecule has 138 valence electrons. The molecule has 4 nitrogen and oxygen atoms in total. The average Bonchev–Trinajstić information content (AvgIpc) is 2.74. The van der Waals surface area contributed by atoms with Crippen molar-refractivity contribution in [3.8, 4) is 5.75 Å². The van der Waals surface area contributed by atoms with Crippen LogP contribution in [-0.2, 0) is 6.61 Å². The zero-order valence-corrected chi connectivity index (χ0v) is 15.4. The molecule has 0 amide bonds. The summed E-state index contributed by atoms with van der Waals surface area (Å²) in [5.74, 6) is 0.906. The summed E-state index contributed by atoms with van der Waals surface area (Å²) >= 11 is 0. The van der Waals surface area contributed by atoms with Gasteiger partial charge in [0.05, 0.1) is 0 Å². The van der Waals surface area contributed by atoms with E-state index < -0.39 is 0 Å². The van der Waals surface area contributed by atoms with Gasteiger partial charge in [0.1, 0.15) is 12.4 Å². The molecule has 1 fully saturated rings. The maximum Gasteiger partial charge on any atom is 0.119 e. The molecule has 27 heavy (non-hydrogen) atoms. The van der Waals surface area contributed by atoms with Crippen LogP contribution in [-0.4, -0.2) is 26.2 Å². The van der Waals surface area contributed by atoms with Gasteiger partial charge in [-0.15, -0.1) is 0 Å². The molecule has 1 aliphatic rings. The van der Waals surface area contributed by atoms with Gasteiger partial charge in [-0.1, -0.05) is 30.3 Å². The Balaban J connectivity index is 1.31. The van der Waals surface area contributed by atoms with Crippen molar-refractivity contribution in [2.45, 2.75) is 6.61 Å². The van der Waals surface area contributed by atoms with Gasteiger partial charge in [-0.3, -0.25) is 0 Å². The van der Waals surface area contributed by atoms with E-state index in [9.17, 15) is 0 Å². The standard InChI is InChI=1S/C23H25N3O/c24-20-6-8-21(9-7-20)25-14-16-26(17-15-25)22-10-12-23(13-11-22)27-18-19-4-2-1-3-5-19/h1-13H,14-18,24H2. The Kier molecular flexibility index (Phi) is 5.15. The lowest BCUT2D eigenvalue weighted by atomic mass is 10.2. The molecule has 4 rings (SSSR count). The van der Waals surface area contributed by atoms with Crippen LogP contribution in [0.3, 0.4) is 0 Å². The second-order valence-corrected chi connectivity index (χ2v) is 6.83. The Bertz CT molecular complexity index is 839. The quantitative estimate of drug-likeness (QED) is 0.694. The predicted molar refractivity (Wildman–Crippen MR) is 112 cm³/mol. The maximum absolute atomic E-state index is 5.88. The highest BCUT2D eigenvalue weighted by atomic mass is 16.5. The number of nitrogens with two attached hydrogens (primary N) is 1. The highest BCUT2D eigenvalue weighted by molar-refractivity contribution is 5.55. The molecular weight excluding hydrogens is 334 g/mol. The molecule has 1 heterocycles. The second kappa shape index (κ2) is 8.04. The van der Waals surface area contributed by atoms with Crippen molar-refractivity contribution in [3.05, 3.63) is 84.4 Å². The number of nitrogens with zero attached hydrogens (tertiary/aromatic N) is 2. The molecule has 1 saturated heterocycles. The molecular formula is C23H25N3O. The third-order valence-electron chi connectivity index (χ3n) is 4.99. The summed E-state index contributed by atoms with van der Waals surface area (Å²) in [6, 6.07) is 26.8. The molecule has 0 spiro atoms. The topological polar surface area (TPSA) is 41.7 Å². The number of hydrogen-bond donors (Lipinski definition) is 1. The van der Waals surface area contributed by atoms with Gasteiger partial charge in [-0.2, -0.15) is 0 Å². The van der Waals surface area contributed by atoms with Crippen molar-refractivity contribution in [1.82, 2.24) is 0 Å². The molecule has 3 aromatic carbocycles. The van der Waals surface area contributed by atoms with E-state index in [1.807, 2.05) is 30.3 Å². The lowest BCUT2D eigenvalue weighted by molar-refractivity contribution is 0.306. The Labute approximate surface area is 160 Å². The summed E-state index contributed by atoms with van der Waals surface area (Å²) in [5, 5.41) is 0. The smallest absolute Gasteiger partial charge is 0.119 e. The highest BCUT2D eigenvalue weighted by Crippen LogP contribution is 2.24. The minimum Gasteiger partial charge on any atom is -0.489 e. The van der Waals surface area contributed by atoms with E-state index in [1.165, 1.54) is 16.9 Å². The molecule has 3 aromatic rings. The molecule has 0 radical (unpaired) electrons. The Hall–Kier alpha value is -3.14. The number of benzene rings is 3. The molecule has 2 N–H and O–H groups in total. The largest absolute Gasteiger partial charge is 0.489 e. The number of hydrogen-bond acceptors (Lipinski definition) is 4. The van der Waals surface area contributed by atoms with Gasteiger partial charge in [0, 0.05) is 43.2 Å². The fraction of sp³-hybridized carbons (Fsp3) is 0.217. The van der Waals surface area contributed by atoms with Crippen molar-refractivity contribution in [2.24, 2.45) is 0 Å². The van der Waals surface area contributed by atoms with Crippen molar-refractivity contribution in [3.63, 3.8) is 0 Å². The lowest BCUT2D eigenvalue weighted by Gasteiger charge is -2.37. The number of nitrogen functional groups attached to an aromatic ring is 1. The third kappa shape index (κ3) is 4.34. The zero-order chi connectivity index (χ0) is 18.5. The van der Waals surface area contributed by atoms with E-state index in [4.69, 9.17) is 10.5 Å². The van der Waals surface area contributed by atoms with E-state index in [0.717, 1.165) is 37.6 Å². The minimum absolute atomic E-state index is 0.598. The molecule has 0 aliphatic carbocycles. The second-order valence-electron chi connectivity index (χ2n) is 6.83. The molecule has 4 heteroatoms. The first kappa shape index (κ1) is 17.3. The van der Waals surface area contributed by atoms with Crippen molar-refractivity contribution < 1.29 is 4.74 Å². The summed E-state index contributed by atoms with van der Waals surface area (Å²) in [4.78, 5) is 4.84. The van der Waals surface area contributed by atoms with Gasteiger partial charge in [-0.25, -0.2) is 0 Å². The average molecular weight is 359 g/mol. The SMILES string of the molecule is Nc1ccc(N2CCN(c3ccc(OCc4ccccc4)cc3)CC2)cc1. The van der Waals surface area contributed by atoms with Gasteiger partial charge >= 0.3 is 0 Å². The number of anilines is 3. The molecule has 0 saturated carbocycles. The van der Waals surface area contributed by atoms with Gasteiger partial charge < -0.3 is 20.3 Å². The monoisotopic (exact) mass is 359 g/mol. The van der Waals surface area contributed by atoms with Crippen LogP contribution in [0.5, 0.6) is 5.75 Å². The number of ether oxygens (including phenoxy) is 1. The van der Waals surface area contributed by atoms with Gasteiger partial charge in [0.2, 0.25) is 0 Å². The Morgan fingerprint density at radius 3 is 1.74 bits per heavy atom. The van der Waals surface area contributed by atoms with Crippen LogP contribution >= 0.6 is 0 Å². The van der Waals surface area contributed by atoms with Crippen LogP contribution in [0, 0.1) is 0 Å². The molecule has 1 aliphatic heterocycles. The van der Waals surface area contributed by atoms with Crippen molar-refractivity contribution in [2.75, 3.05) is 41.7 Å². The summed E-state index contributed by atoms with van der Waals surface area (Å²) in [6.45, 7) is 4.63. The summed E-state index contributed by atoms with van der Waals surface area (Å²) < 4.78 is 5.88. The van der Waals surface area contributed by atoms with E-state index in [-0.39, 0.29) is 0 Å². The van der Waals surface area contributed by atoms with Crippen LogP contribution in [0.25, 0.3) is 0 Å². The van der Waals surface area contributed by atoms with Crippen LogP contribution in [0.4, 0.5) is 17.1 Å². The van der Waals surface area contributed by atoms with Crippen molar-refractivity contribution >= 4 is 17.1 Å². The van der Waals surface area contributed by atoms with Gasteiger partial charge in [0.15, 0.2) is 0 Å². The van der Waals surface area contributed by atoms with Crippen LogP contribution in [0.15, 0.2) is 78.9 Å². The van der Waals surface area contributed by atoms with Gasteiger partial charge in [0.25, 0.3) is 0 Å². The number of piperazine rings is 1. The van der Waals surface area contributed by atoms with Crippen LogP contribution in [0.1, 0.15) is 5.56 Å². The summed E-state index contributed by atoms with van der Waals surface area (Å²) in [6.07, 6.45) is 0. The minimum atomic E-state index is 0.598. The summed E-state index contributed by atoms with van der Waals surface area (Å²) in [5.41, 5.74) is 10.3. The fourth-order valence-corrected chi connectivity index (χ4v) is 3.40. The molecule has 0 atom stereocenters. The van der Waals surface area contributed by atoms with E-state index >= 15 is 0 Å². The third-order valence-corrected chi connectivity index (χ3v) is 4.99. The van der Waals surface area contributed by atoms with E-state index in [1.54, 1.807) is 0 Å². The fourth-order valence-electron chi connectivity index (χ4n) is 3.40. The normalized spacial score (nSPS) is 14.2. The molecule has 0 aromatic heterocycles. The first-order valence-corrected chi connectivity index (χ1v) is 9.40. The maximum atomic E-state index is 5.88. The first-order valence-electron chi connectivity index (χ1n) is 9.40. The van der Waals surface area contributed by atoms with Crippen LogP contribution in [0.2, 0.25) is 0 Å². The Morgan fingerprint density at radius 2 is 1.19 bits per heavy atom. The number of rotatable bonds is 5. The first-order chi connectivity index (χ1) is 13.3. The predicted octanol–water partition coefficient (Wildman–Crippen LogP) is 4.17. The molecule has 0 unspecified atom stereocenters. The van der Waals surface area contributed by atoms with Crippen molar-refractivity contribution in [1.29, 1.82) is 0 Å². The highest BCUT2D eigenvalue weighted by Gasteiger charge is 2.17. The zero-order valence-electron chi connectivity index (χ0n) is 15.4. The van der Waals surface area contributed by atoms with Crippen LogP contribution < -0.4 is 20.3 Å². The Morgan fingerprint density at radius 1 is 0.667 bits per heavy atom. The van der Waals surface area contributed by atoms with Gasteiger partial charge in [-0.05, 0) is 54.1 Å². The molecule has 0 bridgehead atoms. The van der Waals surface area contributed by atoms with E-state index in [2.05, 4.69) is 58.3 Å². The lowest BCUT2D eigenvalue weighted by Crippen LogP contribution is -2.46. The van der Waals surface area contributed by atoms with E-state index in [0.29, 0.717) is 6.61 Å².